The molecule has 30 heavy (non-hydrogen) atoms. The summed E-state index contributed by atoms with van der Waals surface area (Å²) in [5.74, 6) is -1.01. The standard InChI is InChI=1S/C23H20FN3O3/c1-30-21-8-6-16(13-19(21)24)23(29)27-11-9-15-5-7-18(12-17(15)14-27)26-22(28)20-4-2-3-10-25-20/h2-8,10,12-13H,9,11,14H2,1H3,(H,26,28). The number of carbonyl (C=O) groups is 2. The van der Waals surface area contributed by atoms with Crippen LogP contribution in [0.25, 0.3) is 0 Å². The van der Waals surface area contributed by atoms with Gasteiger partial charge in [-0.1, -0.05) is 12.1 Å². The van der Waals surface area contributed by atoms with Gasteiger partial charge in [0, 0.05) is 30.5 Å². The summed E-state index contributed by atoms with van der Waals surface area (Å²) < 4.78 is 18.9. The minimum atomic E-state index is -0.569. The van der Waals surface area contributed by atoms with E-state index in [9.17, 15) is 14.0 Å². The van der Waals surface area contributed by atoms with Crippen LogP contribution >= 0.6 is 0 Å². The lowest BCUT2D eigenvalue weighted by molar-refractivity contribution is 0.0734. The van der Waals surface area contributed by atoms with E-state index in [1.165, 1.54) is 19.2 Å². The molecule has 0 atom stereocenters. The van der Waals surface area contributed by atoms with Crippen LogP contribution < -0.4 is 10.1 Å². The normalized spacial score (nSPS) is 12.8. The van der Waals surface area contributed by atoms with E-state index < -0.39 is 5.82 Å². The first-order chi connectivity index (χ1) is 14.5. The lowest BCUT2D eigenvalue weighted by atomic mass is 9.98. The number of rotatable bonds is 4. The van der Waals surface area contributed by atoms with Crippen LogP contribution in [0.1, 0.15) is 32.0 Å². The Morgan fingerprint density at radius 3 is 2.70 bits per heavy atom. The molecule has 0 aliphatic carbocycles. The largest absolute Gasteiger partial charge is 0.494 e. The number of nitrogens with zero attached hydrogens (tertiary/aromatic N) is 2. The Bertz CT molecular complexity index is 1100. The summed E-state index contributed by atoms with van der Waals surface area (Å²) in [5, 5.41) is 2.84. The van der Waals surface area contributed by atoms with E-state index in [1.54, 1.807) is 35.4 Å². The Hall–Kier alpha value is -3.74. The molecule has 2 heterocycles. The Morgan fingerprint density at radius 2 is 1.97 bits per heavy atom. The molecule has 1 aliphatic heterocycles. The van der Waals surface area contributed by atoms with Crippen LogP contribution in [0.5, 0.6) is 5.75 Å². The van der Waals surface area contributed by atoms with Gasteiger partial charge in [0.15, 0.2) is 11.6 Å². The molecule has 0 spiro atoms. The molecular weight excluding hydrogens is 385 g/mol. The predicted octanol–water partition coefficient (Wildman–Crippen LogP) is 3.68. The van der Waals surface area contributed by atoms with Crippen molar-refractivity contribution < 1.29 is 18.7 Å². The van der Waals surface area contributed by atoms with Crippen LogP contribution in [0, 0.1) is 5.82 Å². The van der Waals surface area contributed by atoms with Gasteiger partial charge in [-0.05, 0) is 60.0 Å². The number of halogens is 1. The van der Waals surface area contributed by atoms with Gasteiger partial charge in [0.2, 0.25) is 0 Å². The summed E-state index contributed by atoms with van der Waals surface area (Å²) in [6.45, 7) is 0.925. The third-order valence-electron chi connectivity index (χ3n) is 5.06. The van der Waals surface area contributed by atoms with Gasteiger partial charge in [0.1, 0.15) is 5.69 Å². The number of hydrogen-bond donors (Lipinski definition) is 1. The van der Waals surface area contributed by atoms with Gasteiger partial charge >= 0.3 is 0 Å². The maximum absolute atomic E-state index is 14.0. The topological polar surface area (TPSA) is 71.5 Å². The SMILES string of the molecule is COc1ccc(C(=O)N2CCc3ccc(NC(=O)c4ccccn4)cc3C2)cc1F. The van der Waals surface area contributed by atoms with Crippen molar-refractivity contribution in [1.82, 2.24) is 9.88 Å². The molecule has 0 saturated carbocycles. The zero-order valence-corrected chi connectivity index (χ0v) is 16.4. The van der Waals surface area contributed by atoms with E-state index in [-0.39, 0.29) is 23.1 Å². The number of carbonyl (C=O) groups excluding carboxylic acids is 2. The van der Waals surface area contributed by atoms with Gasteiger partial charge in [-0.25, -0.2) is 4.39 Å². The van der Waals surface area contributed by atoms with E-state index in [1.807, 2.05) is 18.2 Å². The Balaban J connectivity index is 1.50. The number of fused-ring (bicyclic) bond motifs is 1. The average Bonchev–Trinajstić information content (AvgIpc) is 2.78. The molecule has 2 aromatic carbocycles. The molecule has 1 aromatic heterocycles. The Labute approximate surface area is 173 Å². The van der Waals surface area contributed by atoms with Crippen molar-refractivity contribution in [2.45, 2.75) is 13.0 Å². The molecule has 6 nitrogen and oxygen atoms in total. The highest BCUT2D eigenvalue weighted by Gasteiger charge is 2.23. The summed E-state index contributed by atoms with van der Waals surface area (Å²) in [6, 6.07) is 15.0. The number of methoxy groups -OCH3 is 1. The van der Waals surface area contributed by atoms with Crippen LogP contribution in [0.3, 0.4) is 0 Å². The van der Waals surface area contributed by atoms with Crippen molar-refractivity contribution in [2.75, 3.05) is 19.0 Å². The first-order valence-corrected chi connectivity index (χ1v) is 9.52. The van der Waals surface area contributed by atoms with Crippen molar-refractivity contribution in [2.24, 2.45) is 0 Å². The molecule has 1 aliphatic rings. The van der Waals surface area contributed by atoms with Crippen molar-refractivity contribution in [1.29, 1.82) is 0 Å². The Morgan fingerprint density at radius 1 is 1.10 bits per heavy atom. The van der Waals surface area contributed by atoms with Crippen LogP contribution in [-0.4, -0.2) is 35.4 Å². The van der Waals surface area contributed by atoms with E-state index >= 15 is 0 Å². The fourth-order valence-corrected chi connectivity index (χ4v) is 3.48. The van der Waals surface area contributed by atoms with Crippen molar-refractivity contribution in [3.8, 4) is 5.75 Å². The van der Waals surface area contributed by atoms with E-state index in [0.29, 0.717) is 30.9 Å². The van der Waals surface area contributed by atoms with Crippen molar-refractivity contribution in [3.63, 3.8) is 0 Å². The number of nitrogens with one attached hydrogen (secondary N) is 1. The second-order valence-corrected chi connectivity index (χ2v) is 6.98. The molecule has 0 saturated heterocycles. The lowest BCUT2D eigenvalue weighted by Crippen LogP contribution is -2.36. The van der Waals surface area contributed by atoms with E-state index in [4.69, 9.17) is 4.74 Å². The van der Waals surface area contributed by atoms with Gasteiger partial charge in [-0.3, -0.25) is 14.6 Å². The fourth-order valence-electron chi connectivity index (χ4n) is 3.48. The molecule has 4 rings (SSSR count). The number of anilines is 1. The number of pyridine rings is 1. The summed E-state index contributed by atoms with van der Waals surface area (Å²) in [7, 11) is 1.38. The van der Waals surface area contributed by atoms with E-state index in [0.717, 1.165) is 11.1 Å². The third kappa shape index (κ3) is 4.00. The van der Waals surface area contributed by atoms with Gasteiger partial charge in [0.25, 0.3) is 11.8 Å². The molecular formula is C23H20FN3O3. The summed E-state index contributed by atoms with van der Waals surface area (Å²) >= 11 is 0. The second-order valence-electron chi connectivity index (χ2n) is 6.98. The van der Waals surface area contributed by atoms with Crippen LogP contribution in [0.15, 0.2) is 60.8 Å². The maximum atomic E-state index is 14.0. The lowest BCUT2D eigenvalue weighted by Gasteiger charge is -2.29. The smallest absolute Gasteiger partial charge is 0.274 e. The quantitative estimate of drug-likeness (QED) is 0.719. The number of amides is 2. The summed E-state index contributed by atoms with van der Waals surface area (Å²) in [5.41, 5.74) is 3.30. The number of benzene rings is 2. The van der Waals surface area contributed by atoms with Crippen molar-refractivity contribution >= 4 is 17.5 Å². The van der Waals surface area contributed by atoms with Gasteiger partial charge < -0.3 is 15.0 Å². The highest BCUT2D eigenvalue weighted by molar-refractivity contribution is 6.02. The molecule has 2 amide bonds. The van der Waals surface area contributed by atoms with Gasteiger partial charge in [0.05, 0.1) is 7.11 Å². The molecule has 3 aromatic rings. The minimum absolute atomic E-state index is 0.101. The van der Waals surface area contributed by atoms with Crippen LogP contribution in [-0.2, 0) is 13.0 Å². The Kier molecular flexibility index (Phi) is 5.43. The maximum Gasteiger partial charge on any atom is 0.274 e. The zero-order chi connectivity index (χ0) is 21.1. The first-order valence-electron chi connectivity index (χ1n) is 9.52. The van der Waals surface area contributed by atoms with Gasteiger partial charge in [-0.15, -0.1) is 0 Å². The third-order valence-corrected chi connectivity index (χ3v) is 5.06. The molecule has 7 heteroatoms. The fraction of sp³-hybridized carbons (Fsp3) is 0.174. The molecule has 0 fully saturated rings. The molecule has 1 N–H and O–H groups in total. The molecule has 0 radical (unpaired) electrons. The highest BCUT2D eigenvalue weighted by atomic mass is 19.1. The van der Waals surface area contributed by atoms with Crippen molar-refractivity contribution in [3.05, 3.63) is 89.0 Å². The first kappa shape index (κ1) is 19.6. The number of aromatic nitrogens is 1. The predicted molar refractivity (Wildman–Crippen MR) is 110 cm³/mol. The van der Waals surface area contributed by atoms with Crippen LogP contribution in [0.4, 0.5) is 10.1 Å². The van der Waals surface area contributed by atoms with Crippen LogP contribution in [0.2, 0.25) is 0 Å². The second kappa shape index (κ2) is 8.32. The summed E-state index contributed by atoms with van der Waals surface area (Å²) in [6.07, 6.45) is 2.25. The van der Waals surface area contributed by atoms with E-state index in [2.05, 4.69) is 10.3 Å². The zero-order valence-electron chi connectivity index (χ0n) is 16.4. The summed E-state index contributed by atoms with van der Waals surface area (Å²) in [4.78, 5) is 30.9. The van der Waals surface area contributed by atoms with Gasteiger partial charge in [-0.2, -0.15) is 0 Å². The highest BCUT2D eigenvalue weighted by Crippen LogP contribution is 2.25. The average molecular weight is 405 g/mol. The number of ether oxygens (including phenoxy) is 1. The monoisotopic (exact) mass is 405 g/mol. The molecule has 152 valence electrons. The molecule has 0 unspecified atom stereocenters. The minimum Gasteiger partial charge on any atom is -0.494 e. The number of hydrogen-bond acceptors (Lipinski definition) is 4. The molecule has 0 bridgehead atoms.